The molecule has 4 rings (SSSR count). The Morgan fingerprint density at radius 2 is 2.00 bits per heavy atom. The quantitative estimate of drug-likeness (QED) is 0.901. The molecule has 1 aromatic rings. The molecule has 0 amide bonds. The number of nitrogens with one attached hydrogen (secondary N) is 2. The van der Waals surface area contributed by atoms with Crippen LogP contribution in [-0.4, -0.2) is 23.1 Å². The molecule has 0 spiro atoms. The van der Waals surface area contributed by atoms with E-state index in [4.69, 9.17) is 0 Å². The summed E-state index contributed by atoms with van der Waals surface area (Å²) >= 11 is 3.53. The zero-order valence-corrected chi connectivity index (χ0v) is 11.9. The van der Waals surface area contributed by atoms with Gasteiger partial charge in [0, 0.05) is 19.3 Å². The first kappa shape index (κ1) is 11.0. The van der Waals surface area contributed by atoms with E-state index in [2.05, 4.69) is 36.5 Å². The van der Waals surface area contributed by atoms with Crippen molar-refractivity contribution in [1.82, 2.24) is 9.97 Å². The van der Waals surface area contributed by atoms with E-state index in [-0.39, 0.29) is 0 Å². The Hall–Kier alpha value is -0.840. The zero-order chi connectivity index (χ0) is 12.3. The number of fused-ring (bicyclic) bond motifs is 5. The minimum Gasteiger partial charge on any atom is -0.366 e. The lowest BCUT2D eigenvalue weighted by Crippen LogP contribution is -2.14. The van der Waals surface area contributed by atoms with E-state index in [1.807, 2.05) is 13.2 Å². The van der Waals surface area contributed by atoms with Crippen LogP contribution in [0.25, 0.3) is 0 Å². The number of nitrogens with zero attached hydrogens (tertiary/aromatic N) is 2. The monoisotopic (exact) mass is 308 g/mol. The second kappa shape index (κ2) is 3.83. The van der Waals surface area contributed by atoms with E-state index in [9.17, 15) is 0 Å². The molecule has 0 aromatic carbocycles. The van der Waals surface area contributed by atoms with Crippen molar-refractivity contribution in [2.45, 2.75) is 25.3 Å². The van der Waals surface area contributed by atoms with E-state index in [1.54, 1.807) is 0 Å². The Bertz CT molecular complexity index is 476. The topological polar surface area (TPSA) is 49.8 Å². The van der Waals surface area contributed by atoms with Crippen molar-refractivity contribution in [3.63, 3.8) is 0 Å². The second-order valence-corrected chi connectivity index (χ2v) is 6.65. The standard InChI is InChI=1S/C13H17BrN4/c1-15-13-16-5-8(14)12(18-13)17-11-9-6-2-3-7(4-6)10(9)11/h5-7,9-11H,2-4H2,1H3,(H2,15,16,17,18). The highest BCUT2D eigenvalue weighted by atomic mass is 79.9. The molecule has 96 valence electrons. The van der Waals surface area contributed by atoms with Crippen molar-refractivity contribution in [2.75, 3.05) is 17.7 Å². The van der Waals surface area contributed by atoms with Gasteiger partial charge < -0.3 is 10.6 Å². The van der Waals surface area contributed by atoms with Gasteiger partial charge in [0.2, 0.25) is 5.95 Å². The maximum atomic E-state index is 4.49. The summed E-state index contributed by atoms with van der Waals surface area (Å²) < 4.78 is 0.957. The largest absolute Gasteiger partial charge is 0.366 e. The molecule has 18 heavy (non-hydrogen) atoms. The van der Waals surface area contributed by atoms with Crippen molar-refractivity contribution in [2.24, 2.45) is 23.7 Å². The average molecular weight is 309 g/mol. The first-order chi connectivity index (χ1) is 8.78. The minimum atomic E-state index is 0.659. The van der Waals surface area contributed by atoms with Crippen LogP contribution in [0.4, 0.5) is 11.8 Å². The summed E-state index contributed by atoms with van der Waals surface area (Å²) in [6, 6.07) is 0.659. The number of hydrogen-bond acceptors (Lipinski definition) is 4. The molecule has 4 nitrogen and oxygen atoms in total. The van der Waals surface area contributed by atoms with Gasteiger partial charge >= 0.3 is 0 Å². The van der Waals surface area contributed by atoms with Crippen molar-refractivity contribution >= 4 is 27.7 Å². The van der Waals surface area contributed by atoms with Crippen LogP contribution in [0.2, 0.25) is 0 Å². The summed E-state index contributed by atoms with van der Waals surface area (Å²) in [4.78, 5) is 8.68. The molecule has 2 bridgehead atoms. The van der Waals surface area contributed by atoms with Crippen LogP contribution in [-0.2, 0) is 0 Å². The van der Waals surface area contributed by atoms with E-state index < -0.39 is 0 Å². The van der Waals surface area contributed by atoms with Crippen LogP contribution in [0.5, 0.6) is 0 Å². The van der Waals surface area contributed by atoms with E-state index in [1.165, 1.54) is 19.3 Å². The molecule has 4 unspecified atom stereocenters. The molecular formula is C13H17BrN4. The Morgan fingerprint density at radius 1 is 1.28 bits per heavy atom. The maximum absolute atomic E-state index is 4.49. The van der Waals surface area contributed by atoms with E-state index in [0.29, 0.717) is 12.0 Å². The Kier molecular flexibility index (Phi) is 2.34. The van der Waals surface area contributed by atoms with Crippen molar-refractivity contribution in [1.29, 1.82) is 0 Å². The van der Waals surface area contributed by atoms with Crippen LogP contribution in [0.1, 0.15) is 19.3 Å². The molecule has 0 saturated heterocycles. The molecule has 4 atom stereocenters. The van der Waals surface area contributed by atoms with Gasteiger partial charge in [0.05, 0.1) is 4.47 Å². The third-order valence-corrected chi connectivity index (χ3v) is 5.59. The third-order valence-electron chi connectivity index (χ3n) is 5.01. The fraction of sp³-hybridized carbons (Fsp3) is 0.692. The maximum Gasteiger partial charge on any atom is 0.224 e. The van der Waals surface area contributed by atoms with E-state index >= 15 is 0 Å². The van der Waals surface area contributed by atoms with Gasteiger partial charge in [-0.15, -0.1) is 0 Å². The molecule has 3 saturated carbocycles. The first-order valence-electron chi connectivity index (χ1n) is 6.75. The molecule has 3 aliphatic rings. The number of anilines is 2. The van der Waals surface area contributed by atoms with Gasteiger partial charge in [0.1, 0.15) is 5.82 Å². The van der Waals surface area contributed by atoms with Crippen LogP contribution < -0.4 is 10.6 Å². The van der Waals surface area contributed by atoms with E-state index in [0.717, 1.165) is 34.0 Å². The lowest BCUT2D eigenvalue weighted by Gasteiger charge is -2.12. The lowest BCUT2D eigenvalue weighted by molar-refractivity contribution is 0.456. The van der Waals surface area contributed by atoms with Gasteiger partial charge in [-0.2, -0.15) is 4.98 Å². The molecule has 1 aromatic heterocycles. The predicted molar refractivity (Wildman–Crippen MR) is 74.5 cm³/mol. The third kappa shape index (κ3) is 1.49. The fourth-order valence-electron chi connectivity index (χ4n) is 4.27. The number of halogens is 1. The summed E-state index contributed by atoms with van der Waals surface area (Å²) in [6.45, 7) is 0. The van der Waals surface area contributed by atoms with Gasteiger partial charge in [-0.3, -0.25) is 0 Å². The second-order valence-electron chi connectivity index (χ2n) is 5.80. The summed E-state index contributed by atoms with van der Waals surface area (Å²) in [7, 11) is 1.85. The molecule has 2 N–H and O–H groups in total. The molecule has 0 aliphatic heterocycles. The molecule has 1 heterocycles. The smallest absolute Gasteiger partial charge is 0.224 e. The number of rotatable bonds is 3. The molecule has 0 radical (unpaired) electrons. The van der Waals surface area contributed by atoms with Gasteiger partial charge in [0.15, 0.2) is 0 Å². The Morgan fingerprint density at radius 3 is 2.67 bits per heavy atom. The van der Waals surface area contributed by atoms with Crippen molar-refractivity contribution in [3.05, 3.63) is 10.7 Å². The van der Waals surface area contributed by atoms with Crippen LogP contribution in [0.15, 0.2) is 10.7 Å². The van der Waals surface area contributed by atoms with Crippen LogP contribution in [0, 0.1) is 23.7 Å². The van der Waals surface area contributed by atoms with Crippen LogP contribution in [0.3, 0.4) is 0 Å². The highest BCUT2D eigenvalue weighted by Crippen LogP contribution is 2.66. The highest BCUT2D eigenvalue weighted by Gasteiger charge is 2.65. The summed E-state index contributed by atoms with van der Waals surface area (Å²) in [6.07, 6.45) is 6.21. The predicted octanol–water partition coefficient (Wildman–Crippen LogP) is 2.74. The average Bonchev–Trinajstić information content (AvgIpc) is 2.79. The summed E-state index contributed by atoms with van der Waals surface area (Å²) in [5.41, 5.74) is 0. The lowest BCUT2D eigenvalue weighted by atomic mass is 10.0. The number of aromatic nitrogens is 2. The zero-order valence-electron chi connectivity index (χ0n) is 10.4. The molecule has 3 aliphatic carbocycles. The van der Waals surface area contributed by atoms with Crippen LogP contribution >= 0.6 is 15.9 Å². The van der Waals surface area contributed by atoms with Gasteiger partial charge in [-0.05, 0) is 58.9 Å². The Labute approximate surface area is 115 Å². The van der Waals surface area contributed by atoms with Gasteiger partial charge in [-0.1, -0.05) is 0 Å². The highest BCUT2D eigenvalue weighted by molar-refractivity contribution is 9.10. The molecule has 5 heteroatoms. The summed E-state index contributed by atoms with van der Waals surface area (Å²) in [5, 5.41) is 6.61. The Balaban J connectivity index is 1.53. The fourth-order valence-corrected chi connectivity index (χ4v) is 4.57. The van der Waals surface area contributed by atoms with Gasteiger partial charge in [-0.25, -0.2) is 4.98 Å². The molecule has 3 fully saturated rings. The van der Waals surface area contributed by atoms with Crippen molar-refractivity contribution in [3.8, 4) is 0 Å². The first-order valence-corrected chi connectivity index (χ1v) is 7.54. The SMILES string of the molecule is CNc1ncc(Br)c(NC2C3C4CCC(C4)C23)n1. The van der Waals surface area contributed by atoms with Gasteiger partial charge in [0.25, 0.3) is 0 Å². The minimum absolute atomic E-state index is 0.659. The molecular weight excluding hydrogens is 292 g/mol. The normalized spacial score (nSPS) is 39.6. The summed E-state index contributed by atoms with van der Waals surface area (Å²) in [5.74, 6) is 5.43. The van der Waals surface area contributed by atoms with Crippen molar-refractivity contribution < 1.29 is 0 Å². The number of hydrogen-bond donors (Lipinski definition) is 2.